The van der Waals surface area contributed by atoms with Crippen molar-refractivity contribution in [1.82, 2.24) is 19.8 Å². The third kappa shape index (κ3) is 5.75. The minimum Gasteiger partial charge on any atom is -0.488 e. The Bertz CT molecular complexity index is 1280. The van der Waals surface area contributed by atoms with Crippen LogP contribution < -0.4 is 10.1 Å². The van der Waals surface area contributed by atoms with Gasteiger partial charge >= 0.3 is 0 Å². The SMILES string of the molecule is COC[C@]1(O)CCCC[C@H]1n1cnc(C(=O)N2CCNCC2CCOc2c(F)cccc2F)c1-c1ccccc1. The highest BCUT2D eigenvalue weighted by Crippen LogP contribution is 2.41. The highest BCUT2D eigenvalue weighted by Gasteiger charge is 2.42. The van der Waals surface area contributed by atoms with Crippen molar-refractivity contribution in [3.63, 3.8) is 0 Å². The first-order chi connectivity index (χ1) is 19.4. The number of aromatic nitrogens is 2. The van der Waals surface area contributed by atoms with Crippen LogP contribution in [0.2, 0.25) is 0 Å². The maximum atomic E-state index is 14.1. The van der Waals surface area contributed by atoms with E-state index in [1.54, 1.807) is 18.3 Å². The first-order valence-electron chi connectivity index (χ1n) is 13.8. The fourth-order valence-electron chi connectivity index (χ4n) is 6.00. The number of carbonyl (C=O) groups excluding carboxylic acids is 1. The molecule has 2 aromatic carbocycles. The van der Waals surface area contributed by atoms with Gasteiger partial charge in [0.1, 0.15) is 5.60 Å². The summed E-state index contributed by atoms with van der Waals surface area (Å²) in [6, 6.07) is 12.7. The van der Waals surface area contributed by atoms with Gasteiger partial charge in [-0.3, -0.25) is 4.79 Å². The van der Waals surface area contributed by atoms with Gasteiger partial charge in [0.15, 0.2) is 23.1 Å². The molecule has 1 aromatic heterocycles. The number of nitrogens with zero attached hydrogens (tertiary/aromatic N) is 3. The number of rotatable bonds is 9. The predicted molar refractivity (Wildman–Crippen MR) is 146 cm³/mol. The molecule has 1 aliphatic carbocycles. The summed E-state index contributed by atoms with van der Waals surface area (Å²) in [6.45, 7) is 1.82. The van der Waals surface area contributed by atoms with Crippen LogP contribution in [0.5, 0.6) is 5.75 Å². The second-order valence-corrected chi connectivity index (χ2v) is 10.6. The summed E-state index contributed by atoms with van der Waals surface area (Å²) in [7, 11) is 1.58. The molecule has 10 heteroatoms. The van der Waals surface area contributed by atoms with Crippen LogP contribution in [0, 0.1) is 11.6 Å². The van der Waals surface area contributed by atoms with Crippen LogP contribution in [0.25, 0.3) is 11.3 Å². The van der Waals surface area contributed by atoms with Gasteiger partial charge in [-0.25, -0.2) is 13.8 Å². The highest BCUT2D eigenvalue weighted by atomic mass is 19.1. The number of benzene rings is 2. The van der Waals surface area contributed by atoms with E-state index in [1.165, 1.54) is 6.07 Å². The van der Waals surface area contributed by atoms with E-state index in [1.807, 2.05) is 34.9 Å². The zero-order valence-corrected chi connectivity index (χ0v) is 22.7. The number of piperazine rings is 1. The van der Waals surface area contributed by atoms with Crippen LogP contribution >= 0.6 is 0 Å². The molecule has 0 bridgehead atoms. The lowest BCUT2D eigenvalue weighted by Crippen LogP contribution is -2.54. The molecule has 2 N–H and O–H groups in total. The van der Waals surface area contributed by atoms with Gasteiger partial charge in [-0.1, -0.05) is 49.2 Å². The van der Waals surface area contributed by atoms with E-state index in [0.717, 1.165) is 37.0 Å². The zero-order chi connectivity index (χ0) is 28.1. The van der Waals surface area contributed by atoms with Crippen LogP contribution in [-0.4, -0.2) is 77.1 Å². The van der Waals surface area contributed by atoms with E-state index in [2.05, 4.69) is 10.3 Å². The lowest BCUT2D eigenvalue weighted by Gasteiger charge is -2.41. The van der Waals surface area contributed by atoms with Gasteiger partial charge in [-0.15, -0.1) is 0 Å². The van der Waals surface area contributed by atoms with Crippen molar-refractivity contribution < 1.29 is 28.2 Å². The van der Waals surface area contributed by atoms with Gasteiger partial charge in [-0.2, -0.15) is 0 Å². The quantitative estimate of drug-likeness (QED) is 0.412. The third-order valence-corrected chi connectivity index (χ3v) is 7.96. The molecule has 2 aliphatic rings. The predicted octanol–water partition coefficient (Wildman–Crippen LogP) is 4.20. The number of para-hydroxylation sites is 1. The maximum Gasteiger partial charge on any atom is 0.275 e. The summed E-state index contributed by atoms with van der Waals surface area (Å²) in [5.74, 6) is -2.16. The normalized spacial score (nSPS) is 23.2. The van der Waals surface area contributed by atoms with E-state index >= 15 is 0 Å². The molecule has 2 fully saturated rings. The van der Waals surface area contributed by atoms with Crippen molar-refractivity contribution in [2.45, 2.75) is 49.8 Å². The third-order valence-electron chi connectivity index (χ3n) is 7.96. The van der Waals surface area contributed by atoms with Gasteiger partial charge in [0, 0.05) is 44.8 Å². The number of nitrogens with one attached hydrogen (secondary N) is 1. The number of ether oxygens (including phenoxy) is 2. The zero-order valence-electron chi connectivity index (χ0n) is 22.7. The fourth-order valence-corrected chi connectivity index (χ4v) is 6.00. The van der Waals surface area contributed by atoms with Crippen molar-refractivity contribution in [3.8, 4) is 17.0 Å². The molecule has 0 spiro atoms. The first-order valence-corrected chi connectivity index (χ1v) is 13.8. The summed E-state index contributed by atoms with van der Waals surface area (Å²) < 4.78 is 40.9. The van der Waals surface area contributed by atoms with Gasteiger partial charge in [0.05, 0.1) is 31.3 Å². The molecule has 5 rings (SSSR count). The van der Waals surface area contributed by atoms with E-state index in [0.29, 0.717) is 43.9 Å². The molecule has 8 nitrogen and oxygen atoms in total. The smallest absolute Gasteiger partial charge is 0.275 e. The maximum absolute atomic E-state index is 14.1. The Morgan fingerprint density at radius 3 is 2.67 bits per heavy atom. The van der Waals surface area contributed by atoms with Crippen LogP contribution in [0.3, 0.4) is 0 Å². The second-order valence-electron chi connectivity index (χ2n) is 10.6. The molecule has 1 saturated carbocycles. The molecular weight excluding hydrogens is 518 g/mol. The monoisotopic (exact) mass is 554 g/mol. The van der Waals surface area contributed by atoms with Crippen molar-refractivity contribution in [3.05, 3.63) is 72.2 Å². The molecule has 40 heavy (non-hydrogen) atoms. The molecule has 0 radical (unpaired) electrons. The van der Waals surface area contributed by atoms with Crippen molar-refractivity contribution in [2.75, 3.05) is 40.0 Å². The van der Waals surface area contributed by atoms with Gasteiger partial charge in [0.2, 0.25) is 0 Å². The number of carbonyl (C=O) groups is 1. The van der Waals surface area contributed by atoms with E-state index in [4.69, 9.17) is 9.47 Å². The topological polar surface area (TPSA) is 88.8 Å². The molecular formula is C30H36F2N4O4. The van der Waals surface area contributed by atoms with E-state index in [-0.39, 0.29) is 31.2 Å². The van der Waals surface area contributed by atoms with Crippen LogP contribution in [0.15, 0.2) is 54.9 Å². The summed E-state index contributed by atoms with van der Waals surface area (Å²) >= 11 is 0. The Hall–Kier alpha value is -3.34. The van der Waals surface area contributed by atoms with Crippen LogP contribution in [-0.2, 0) is 4.74 Å². The minimum atomic E-state index is -1.07. The molecule has 3 aromatic rings. The summed E-state index contributed by atoms with van der Waals surface area (Å²) in [6.07, 6.45) is 5.23. The Kier molecular flexibility index (Phi) is 8.78. The summed E-state index contributed by atoms with van der Waals surface area (Å²) in [5, 5.41) is 14.9. The highest BCUT2D eigenvalue weighted by molar-refractivity contribution is 5.98. The molecule has 1 amide bonds. The Morgan fingerprint density at radius 2 is 1.93 bits per heavy atom. The number of amides is 1. The standard InChI is InChI=1S/C30H36F2N4O4/c1-39-19-30(38)14-6-5-12-25(30)36-20-34-26(27(36)21-8-3-2-4-9-21)29(37)35-16-15-33-18-22(35)13-17-40-28-23(31)10-7-11-24(28)32/h2-4,7-11,20,22,25,33,38H,5-6,12-19H2,1H3/t22?,25-,30-/m1/s1. The molecule has 1 unspecified atom stereocenters. The van der Waals surface area contributed by atoms with Gasteiger partial charge in [-0.05, 0) is 25.0 Å². The molecule has 3 atom stereocenters. The number of hydrogen-bond acceptors (Lipinski definition) is 6. The Balaban J connectivity index is 1.43. The van der Waals surface area contributed by atoms with Crippen molar-refractivity contribution >= 4 is 5.91 Å². The number of imidazole rings is 1. The van der Waals surface area contributed by atoms with Crippen molar-refractivity contribution in [1.29, 1.82) is 0 Å². The first kappa shape index (κ1) is 28.2. The van der Waals surface area contributed by atoms with Gasteiger partial charge in [0.25, 0.3) is 5.91 Å². The number of hydrogen-bond donors (Lipinski definition) is 2. The second kappa shape index (κ2) is 12.4. The van der Waals surface area contributed by atoms with Crippen molar-refractivity contribution in [2.24, 2.45) is 0 Å². The van der Waals surface area contributed by atoms with Gasteiger partial charge < -0.3 is 29.4 Å². The number of aliphatic hydroxyl groups is 1. The summed E-state index contributed by atoms with van der Waals surface area (Å²) in [4.78, 5) is 20.5. The Morgan fingerprint density at radius 1 is 1.15 bits per heavy atom. The average molecular weight is 555 g/mol. The molecule has 214 valence electrons. The molecule has 1 saturated heterocycles. The Labute approximate surface area is 232 Å². The van der Waals surface area contributed by atoms with Crippen LogP contribution in [0.1, 0.15) is 48.6 Å². The number of halogens is 2. The van der Waals surface area contributed by atoms with Crippen LogP contribution in [0.4, 0.5) is 8.78 Å². The average Bonchev–Trinajstić information content (AvgIpc) is 3.40. The number of methoxy groups -OCH3 is 1. The lowest BCUT2D eigenvalue weighted by molar-refractivity contribution is -0.0893. The molecule has 2 heterocycles. The van der Waals surface area contributed by atoms with E-state index < -0.39 is 23.0 Å². The fraction of sp³-hybridized carbons (Fsp3) is 0.467. The molecule has 1 aliphatic heterocycles. The summed E-state index contributed by atoms with van der Waals surface area (Å²) in [5.41, 5.74) is 0.728. The largest absolute Gasteiger partial charge is 0.488 e. The van der Waals surface area contributed by atoms with E-state index in [9.17, 15) is 18.7 Å². The lowest BCUT2D eigenvalue weighted by atomic mass is 9.80. The minimum absolute atomic E-state index is 0.0418.